The van der Waals surface area contributed by atoms with Crippen molar-refractivity contribution in [2.75, 3.05) is 7.11 Å². The van der Waals surface area contributed by atoms with Gasteiger partial charge in [-0.25, -0.2) is 0 Å². The molecule has 0 aliphatic carbocycles. The number of amides is 1. The van der Waals surface area contributed by atoms with E-state index in [9.17, 15) is 14.9 Å². The first-order chi connectivity index (χ1) is 13.3. The highest BCUT2D eigenvalue weighted by Crippen LogP contribution is 2.41. The molecular formula is C21H22N2O5. The molecule has 0 saturated heterocycles. The van der Waals surface area contributed by atoms with Gasteiger partial charge in [-0.2, -0.15) is 0 Å². The summed E-state index contributed by atoms with van der Waals surface area (Å²) in [5, 5.41) is 13.9. The van der Waals surface area contributed by atoms with Crippen LogP contribution in [0.4, 0.5) is 5.69 Å². The van der Waals surface area contributed by atoms with Crippen LogP contribution in [0.15, 0.2) is 48.5 Å². The summed E-state index contributed by atoms with van der Waals surface area (Å²) in [5.41, 5.74) is 0.993. The van der Waals surface area contributed by atoms with E-state index in [1.807, 2.05) is 32.0 Å². The van der Waals surface area contributed by atoms with E-state index in [4.69, 9.17) is 9.47 Å². The van der Waals surface area contributed by atoms with Gasteiger partial charge in [-0.3, -0.25) is 14.9 Å². The largest absolute Gasteiger partial charge is 0.497 e. The number of nitrogens with one attached hydrogen (secondary N) is 1. The standard InChI is InChI=1S/C21H22N2O5/c1-21(2)13-18(17-12-16(27-3)8-9-19(17)28-21)22-20(24)10-7-14-5-4-6-15(11-14)23(25)26/h4-12,18H,13H2,1-3H3,(H,22,24)/b10-7+/t18-/m0/s1. The molecule has 28 heavy (non-hydrogen) atoms. The normalized spacial score (nSPS) is 17.5. The fourth-order valence-electron chi connectivity index (χ4n) is 3.22. The monoisotopic (exact) mass is 382 g/mol. The molecular weight excluding hydrogens is 360 g/mol. The van der Waals surface area contributed by atoms with Crippen LogP contribution in [0.3, 0.4) is 0 Å². The van der Waals surface area contributed by atoms with Crippen molar-refractivity contribution in [3.8, 4) is 11.5 Å². The number of ether oxygens (including phenoxy) is 2. The van der Waals surface area contributed by atoms with Crippen LogP contribution < -0.4 is 14.8 Å². The molecule has 1 aliphatic heterocycles. The predicted molar refractivity (Wildman–Crippen MR) is 105 cm³/mol. The predicted octanol–water partition coefficient (Wildman–Crippen LogP) is 4.04. The van der Waals surface area contributed by atoms with Gasteiger partial charge in [0.15, 0.2) is 0 Å². The number of carbonyl (C=O) groups excluding carboxylic acids is 1. The summed E-state index contributed by atoms with van der Waals surface area (Å²) in [6, 6.07) is 11.4. The van der Waals surface area contributed by atoms with Crippen LogP contribution in [0.5, 0.6) is 11.5 Å². The molecule has 1 heterocycles. The molecule has 0 fully saturated rings. The highest BCUT2D eigenvalue weighted by Gasteiger charge is 2.34. The summed E-state index contributed by atoms with van der Waals surface area (Å²) < 4.78 is 11.3. The summed E-state index contributed by atoms with van der Waals surface area (Å²) in [4.78, 5) is 22.9. The smallest absolute Gasteiger partial charge is 0.270 e. The second-order valence-corrected chi connectivity index (χ2v) is 7.22. The van der Waals surface area contributed by atoms with Gasteiger partial charge in [0.25, 0.3) is 5.69 Å². The number of fused-ring (bicyclic) bond motifs is 1. The third kappa shape index (κ3) is 4.49. The van der Waals surface area contributed by atoms with Crippen LogP contribution >= 0.6 is 0 Å². The van der Waals surface area contributed by atoms with E-state index in [0.29, 0.717) is 23.5 Å². The molecule has 0 saturated carbocycles. The third-order valence-corrected chi connectivity index (χ3v) is 4.50. The number of non-ortho nitro benzene ring substituents is 1. The maximum absolute atomic E-state index is 12.5. The summed E-state index contributed by atoms with van der Waals surface area (Å²) in [5.74, 6) is 1.11. The SMILES string of the molecule is COc1ccc2c(c1)[C@@H](NC(=O)/C=C/c1cccc([N+](=O)[O-])c1)CC(C)(C)O2. The highest BCUT2D eigenvalue weighted by molar-refractivity contribution is 5.92. The second kappa shape index (κ2) is 7.72. The molecule has 1 atom stereocenters. The molecule has 7 heteroatoms. The maximum Gasteiger partial charge on any atom is 0.270 e. The summed E-state index contributed by atoms with van der Waals surface area (Å²) in [6.07, 6.45) is 3.53. The number of carbonyl (C=O) groups is 1. The van der Waals surface area contributed by atoms with Gasteiger partial charge in [-0.1, -0.05) is 12.1 Å². The Labute approximate surface area is 163 Å². The van der Waals surface area contributed by atoms with E-state index < -0.39 is 10.5 Å². The van der Waals surface area contributed by atoms with Gasteiger partial charge in [0, 0.05) is 30.2 Å². The van der Waals surface area contributed by atoms with Crippen molar-refractivity contribution < 1.29 is 19.2 Å². The first-order valence-corrected chi connectivity index (χ1v) is 8.87. The van der Waals surface area contributed by atoms with Crippen LogP contribution in [0.25, 0.3) is 6.08 Å². The lowest BCUT2D eigenvalue weighted by molar-refractivity contribution is -0.384. The minimum Gasteiger partial charge on any atom is -0.497 e. The minimum absolute atomic E-state index is 0.0187. The van der Waals surface area contributed by atoms with Crippen LogP contribution in [0.2, 0.25) is 0 Å². The van der Waals surface area contributed by atoms with Gasteiger partial charge in [0.1, 0.15) is 17.1 Å². The lowest BCUT2D eigenvalue weighted by Crippen LogP contribution is -2.40. The van der Waals surface area contributed by atoms with Crippen molar-refractivity contribution in [3.63, 3.8) is 0 Å². The van der Waals surface area contributed by atoms with E-state index >= 15 is 0 Å². The van der Waals surface area contributed by atoms with E-state index in [1.165, 1.54) is 18.2 Å². The lowest BCUT2D eigenvalue weighted by atomic mass is 9.89. The van der Waals surface area contributed by atoms with E-state index in [2.05, 4.69) is 5.32 Å². The number of hydrogen-bond donors (Lipinski definition) is 1. The van der Waals surface area contributed by atoms with Crippen molar-refractivity contribution in [2.24, 2.45) is 0 Å². The molecule has 2 aromatic carbocycles. The van der Waals surface area contributed by atoms with Gasteiger partial charge < -0.3 is 14.8 Å². The average molecular weight is 382 g/mol. The molecule has 0 bridgehead atoms. The zero-order chi connectivity index (χ0) is 20.3. The Bertz CT molecular complexity index is 936. The van der Waals surface area contributed by atoms with Crippen molar-refractivity contribution in [2.45, 2.75) is 31.9 Å². The Hall–Kier alpha value is -3.35. The van der Waals surface area contributed by atoms with Crippen LogP contribution in [0, 0.1) is 10.1 Å². The van der Waals surface area contributed by atoms with Crippen molar-refractivity contribution >= 4 is 17.7 Å². The zero-order valence-corrected chi connectivity index (χ0v) is 16.0. The Balaban J connectivity index is 1.78. The fourth-order valence-corrected chi connectivity index (χ4v) is 3.22. The number of hydrogen-bond acceptors (Lipinski definition) is 5. The fraction of sp³-hybridized carbons (Fsp3) is 0.286. The van der Waals surface area contributed by atoms with Gasteiger partial charge in [0.2, 0.25) is 5.91 Å². The lowest BCUT2D eigenvalue weighted by Gasteiger charge is -2.37. The number of nitro benzene ring substituents is 1. The number of benzene rings is 2. The number of nitrogens with zero attached hydrogens (tertiary/aromatic N) is 1. The molecule has 1 amide bonds. The van der Waals surface area contributed by atoms with E-state index in [0.717, 1.165) is 5.56 Å². The topological polar surface area (TPSA) is 90.7 Å². The Morgan fingerprint density at radius 3 is 2.82 bits per heavy atom. The van der Waals surface area contributed by atoms with E-state index in [-0.39, 0.29) is 17.6 Å². The van der Waals surface area contributed by atoms with Gasteiger partial charge >= 0.3 is 0 Å². The molecule has 3 rings (SSSR count). The molecule has 1 aliphatic rings. The first-order valence-electron chi connectivity index (χ1n) is 8.87. The van der Waals surface area contributed by atoms with Crippen molar-refractivity contribution in [3.05, 3.63) is 69.8 Å². The molecule has 0 unspecified atom stereocenters. The minimum atomic E-state index is -0.466. The van der Waals surface area contributed by atoms with Crippen LogP contribution in [0.1, 0.15) is 37.4 Å². The second-order valence-electron chi connectivity index (χ2n) is 7.22. The summed E-state index contributed by atoms with van der Waals surface area (Å²) >= 11 is 0. The molecule has 146 valence electrons. The zero-order valence-electron chi connectivity index (χ0n) is 16.0. The molecule has 7 nitrogen and oxygen atoms in total. The Morgan fingerprint density at radius 1 is 1.32 bits per heavy atom. The quantitative estimate of drug-likeness (QED) is 0.479. The van der Waals surface area contributed by atoms with Crippen molar-refractivity contribution in [1.82, 2.24) is 5.32 Å². The van der Waals surface area contributed by atoms with Gasteiger partial charge in [-0.15, -0.1) is 0 Å². The average Bonchev–Trinajstić information content (AvgIpc) is 2.65. The third-order valence-electron chi connectivity index (χ3n) is 4.50. The molecule has 0 aromatic heterocycles. The van der Waals surface area contributed by atoms with E-state index in [1.54, 1.807) is 25.3 Å². The summed E-state index contributed by atoms with van der Waals surface area (Å²) in [7, 11) is 1.59. The van der Waals surface area contributed by atoms with Crippen molar-refractivity contribution in [1.29, 1.82) is 0 Å². The van der Waals surface area contributed by atoms with Gasteiger partial charge in [0.05, 0.1) is 18.1 Å². The summed E-state index contributed by atoms with van der Waals surface area (Å²) in [6.45, 7) is 3.94. The molecule has 1 N–H and O–H groups in total. The van der Waals surface area contributed by atoms with Gasteiger partial charge in [-0.05, 0) is 43.7 Å². The van der Waals surface area contributed by atoms with Crippen LogP contribution in [-0.2, 0) is 4.79 Å². The Kier molecular flexibility index (Phi) is 5.35. The van der Waals surface area contributed by atoms with Crippen LogP contribution in [-0.4, -0.2) is 23.5 Å². The molecule has 0 spiro atoms. The number of methoxy groups -OCH3 is 1. The Morgan fingerprint density at radius 2 is 2.11 bits per heavy atom. The first kappa shape index (κ1) is 19.4. The number of nitro groups is 1. The maximum atomic E-state index is 12.5. The molecule has 2 aromatic rings. The highest BCUT2D eigenvalue weighted by atomic mass is 16.6. The molecule has 0 radical (unpaired) electrons. The number of rotatable bonds is 5.